The Bertz CT molecular complexity index is 921. The van der Waals surface area contributed by atoms with Crippen LogP contribution in [0.5, 0.6) is 11.5 Å². The van der Waals surface area contributed by atoms with Crippen LogP contribution in [-0.4, -0.2) is 23.1 Å². The van der Waals surface area contributed by atoms with Crippen molar-refractivity contribution in [2.24, 2.45) is 17.3 Å². The number of anilines is 1. The molecule has 166 valence electrons. The Morgan fingerprint density at radius 3 is 2.39 bits per heavy atom. The lowest BCUT2D eigenvalue weighted by molar-refractivity contribution is -0.148. The second kappa shape index (κ2) is 6.63. The van der Waals surface area contributed by atoms with Crippen molar-refractivity contribution in [2.45, 2.75) is 88.9 Å². The third-order valence-corrected chi connectivity index (χ3v) is 8.39. The lowest BCUT2D eigenvalue weighted by Gasteiger charge is -2.61. The van der Waals surface area contributed by atoms with Gasteiger partial charge in [0, 0.05) is 37.1 Å². The molecule has 5 fully saturated rings. The molecule has 1 heterocycles. The van der Waals surface area contributed by atoms with Crippen LogP contribution in [0.2, 0.25) is 0 Å². The van der Waals surface area contributed by atoms with Gasteiger partial charge in [-0.15, -0.1) is 0 Å². The smallest absolute Gasteiger partial charge is 0.251 e. The van der Waals surface area contributed by atoms with Gasteiger partial charge in [-0.25, -0.2) is 0 Å². The summed E-state index contributed by atoms with van der Waals surface area (Å²) < 4.78 is 12.4. The Morgan fingerprint density at radius 2 is 1.68 bits per heavy atom. The molecule has 1 aromatic carbocycles. The normalized spacial score (nSPS) is 36.4. The van der Waals surface area contributed by atoms with Crippen LogP contribution in [0.15, 0.2) is 18.2 Å². The summed E-state index contributed by atoms with van der Waals surface area (Å²) in [5.41, 5.74) is 0.188. The molecule has 1 spiro atoms. The molecule has 1 aliphatic heterocycles. The number of amides is 2. The van der Waals surface area contributed by atoms with Crippen molar-refractivity contribution in [1.82, 2.24) is 5.32 Å². The molecule has 4 bridgehead atoms. The van der Waals surface area contributed by atoms with Crippen molar-refractivity contribution in [3.05, 3.63) is 18.2 Å². The van der Waals surface area contributed by atoms with Gasteiger partial charge in [0.05, 0.1) is 5.41 Å². The van der Waals surface area contributed by atoms with Gasteiger partial charge >= 0.3 is 0 Å². The number of hydrogen-bond donors (Lipinski definition) is 2. The lowest BCUT2D eigenvalue weighted by atomic mass is 9.46. The highest BCUT2D eigenvalue weighted by Crippen LogP contribution is 2.62. The Hall–Kier alpha value is -2.24. The van der Waals surface area contributed by atoms with Gasteiger partial charge in [-0.3, -0.25) is 9.59 Å². The molecule has 0 radical (unpaired) electrons. The number of carbonyl (C=O) groups is 2. The molecular weight excluding hydrogens is 392 g/mol. The molecular formula is C25H32N2O4. The second-order valence-electron chi connectivity index (χ2n) is 11.0. The van der Waals surface area contributed by atoms with E-state index in [9.17, 15) is 9.59 Å². The molecule has 6 nitrogen and oxygen atoms in total. The molecule has 2 amide bonds. The molecule has 6 heteroatoms. The van der Waals surface area contributed by atoms with Crippen LogP contribution < -0.4 is 20.1 Å². The highest BCUT2D eigenvalue weighted by atomic mass is 16.7. The molecule has 5 aliphatic carbocycles. The maximum Gasteiger partial charge on any atom is 0.251 e. The summed E-state index contributed by atoms with van der Waals surface area (Å²) >= 11 is 0. The molecule has 31 heavy (non-hydrogen) atoms. The number of benzene rings is 1. The Labute approximate surface area is 183 Å². The first-order valence-electron chi connectivity index (χ1n) is 12.0. The minimum absolute atomic E-state index is 0.0184. The van der Waals surface area contributed by atoms with Crippen LogP contribution in [0.4, 0.5) is 5.69 Å². The molecule has 2 atom stereocenters. The molecule has 0 unspecified atom stereocenters. The van der Waals surface area contributed by atoms with Crippen LogP contribution in [-0.2, 0) is 9.59 Å². The van der Waals surface area contributed by atoms with Gasteiger partial charge < -0.3 is 20.1 Å². The van der Waals surface area contributed by atoms with E-state index in [0.29, 0.717) is 11.8 Å². The fraction of sp³-hybridized carbons (Fsp3) is 0.680. The zero-order valence-electron chi connectivity index (χ0n) is 18.3. The van der Waals surface area contributed by atoms with E-state index in [1.165, 1.54) is 12.8 Å². The van der Waals surface area contributed by atoms with Crippen LogP contribution >= 0.6 is 0 Å². The predicted octanol–water partition coefficient (Wildman–Crippen LogP) is 4.53. The van der Waals surface area contributed by atoms with Gasteiger partial charge in [-0.1, -0.05) is 6.42 Å². The van der Waals surface area contributed by atoms with E-state index < -0.39 is 5.79 Å². The first kappa shape index (κ1) is 19.4. The van der Waals surface area contributed by atoms with Gasteiger partial charge in [0.25, 0.3) is 5.79 Å². The van der Waals surface area contributed by atoms with E-state index in [-0.39, 0.29) is 22.8 Å². The highest BCUT2D eigenvalue weighted by Gasteiger charge is 2.61. The Kier molecular flexibility index (Phi) is 4.16. The van der Waals surface area contributed by atoms with Crippen LogP contribution in [0.1, 0.15) is 77.6 Å². The first-order chi connectivity index (χ1) is 14.9. The van der Waals surface area contributed by atoms with Gasteiger partial charge in [0.1, 0.15) is 0 Å². The maximum atomic E-state index is 13.6. The number of rotatable bonds is 3. The summed E-state index contributed by atoms with van der Waals surface area (Å²) in [4.78, 5) is 25.5. The molecule has 5 saturated carbocycles. The fourth-order valence-corrected chi connectivity index (χ4v) is 7.78. The van der Waals surface area contributed by atoms with Crippen LogP contribution in [0.3, 0.4) is 0 Å². The largest absolute Gasteiger partial charge is 0.448 e. The van der Waals surface area contributed by atoms with Gasteiger partial charge in [0.15, 0.2) is 11.5 Å². The molecule has 6 aliphatic rings. The summed E-state index contributed by atoms with van der Waals surface area (Å²) in [6.45, 7) is 1.59. The van der Waals surface area contributed by atoms with Gasteiger partial charge in [0.2, 0.25) is 11.8 Å². The maximum absolute atomic E-state index is 13.6. The van der Waals surface area contributed by atoms with E-state index in [1.54, 1.807) is 6.92 Å². The summed E-state index contributed by atoms with van der Waals surface area (Å²) in [5.74, 6) is 2.18. The van der Waals surface area contributed by atoms with Crippen molar-refractivity contribution in [2.75, 3.05) is 5.32 Å². The number of ether oxygens (including phenoxy) is 2. The number of nitrogens with one attached hydrogen (secondary N) is 2. The third-order valence-electron chi connectivity index (χ3n) is 8.39. The standard InChI is InChI=1S/C25H32N2O4/c1-16(28)27-24-13-17-9-18(14-24)12-23(11-17,15-24)22(29)26-19-5-6-20-21(10-19)31-25(30-20)7-3-2-4-8-25/h5-6,10,17-18H,2-4,7-9,11-15H2,1H3,(H,26,29)(H,27,28)/t17-,18-,23?,24?/m0/s1. The first-order valence-corrected chi connectivity index (χ1v) is 12.0. The number of hydrogen-bond acceptors (Lipinski definition) is 4. The minimum Gasteiger partial charge on any atom is -0.448 e. The lowest BCUT2D eigenvalue weighted by Crippen LogP contribution is -2.65. The molecule has 7 rings (SSSR count). The zero-order valence-corrected chi connectivity index (χ0v) is 18.3. The van der Waals surface area contributed by atoms with Gasteiger partial charge in [-0.05, 0) is 75.3 Å². The van der Waals surface area contributed by atoms with Crippen molar-refractivity contribution < 1.29 is 19.1 Å². The predicted molar refractivity (Wildman–Crippen MR) is 116 cm³/mol. The van der Waals surface area contributed by atoms with E-state index in [1.807, 2.05) is 18.2 Å². The number of fused-ring (bicyclic) bond motifs is 1. The van der Waals surface area contributed by atoms with Gasteiger partial charge in [-0.2, -0.15) is 0 Å². The average molecular weight is 425 g/mol. The summed E-state index contributed by atoms with van der Waals surface area (Å²) in [7, 11) is 0. The zero-order chi connectivity index (χ0) is 21.3. The second-order valence-corrected chi connectivity index (χ2v) is 11.0. The molecule has 1 aromatic rings. The van der Waals surface area contributed by atoms with E-state index in [4.69, 9.17) is 9.47 Å². The third kappa shape index (κ3) is 3.21. The molecule has 0 saturated heterocycles. The average Bonchev–Trinajstić information content (AvgIpc) is 3.03. The SMILES string of the molecule is CC(=O)NC12C[C@H]3C[C@H](C1)CC(C(=O)Nc1ccc4c(c1)OC1(CCCCC1)O4)(C3)C2. The van der Waals surface area contributed by atoms with Crippen LogP contribution in [0, 0.1) is 17.3 Å². The number of carbonyl (C=O) groups excluding carboxylic acids is 2. The highest BCUT2D eigenvalue weighted by molar-refractivity contribution is 5.96. The van der Waals surface area contributed by atoms with Crippen molar-refractivity contribution in [3.8, 4) is 11.5 Å². The monoisotopic (exact) mass is 424 g/mol. The Balaban J connectivity index is 1.21. The minimum atomic E-state index is -0.506. The summed E-state index contributed by atoms with van der Waals surface area (Å²) in [6.07, 6.45) is 11.2. The summed E-state index contributed by atoms with van der Waals surface area (Å²) in [5, 5.41) is 6.45. The van der Waals surface area contributed by atoms with Crippen LogP contribution in [0.25, 0.3) is 0 Å². The summed E-state index contributed by atoms with van der Waals surface area (Å²) in [6, 6.07) is 5.76. The molecule has 2 N–H and O–H groups in total. The van der Waals surface area contributed by atoms with E-state index >= 15 is 0 Å². The van der Waals surface area contributed by atoms with Crippen molar-refractivity contribution >= 4 is 17.5 Å². The topological polar surface area (TPSA) is 76.7 Å². The van der Waals surface area contributed by atoms with E-state index in [2.05, 4.69) is 10.6 Å². The fourth-order valence-electron chi connectivity index (χ4n) is 7.78. The Morgan fingerprint density at radius 1 is 0.968 bits per heavy atom. The quantitative estimate of drug-likeness (QED) is 0.747. The van der Waals surface area contributed by atoms with Crippen molar-refractivity contribution in [1.29, 1.82) is 0 Å². The van der Waals surface area contributed by atoms with E-state index in [0.717, 1.165) is 75.0 Å². The van der Waals surface area contributed by atoms with Crippen molar-refractivity contribution in [3.63, 3.8) is 0 Å². The molecule has 0 aromatic heterocycles.